The van der Waals surface area contributed by atoms with Crippen molar-refractivity contribution in [1.29, 1.82) is 0 Å². The lowest BCUT2D eigenvalue weighted by Crippen LogP contribution is -2.29. The lowest BCUT2D eigenvalue weighted by Gasteiger charge is -2.13. The van der Waals surface area contributed by atoms with E-state index in [2.05, 4.69) is 11.2 Å². The van der Waals surface area contributed by atoms with Crippen molar-refractivity contribution in [3.05, 3.63) is 69.7 Å². The van der Waals surface area contributed by atoms with Gasteiger partial charge in [-0.05, 0) is 51.3 Å². The van der Waals surface area contributed by atoms with Crippen LogP contribution in [0.2, 0.25) is 0 Å². The zero-order valence-electron chi connectivity index (χ0n) is 18.0. The molecule has 1 aliphatic carbocycles. The van der Waals surface area contributed by atoms with Crippen LogP contribution in [-0.4, -0.2) is 31.2 Å². The maximum atomic E-state index is 13.7. The van der Waals surface area contributed by atoms with Gasteiger partial charge >= 0.3 is 5.97 Å². The van der Waals surface area contributed by atoms with Crippen molar-refractivity contribution in [3.8, 4) is 11.2 Å². The molecule has 0 saturated carbocycles. The highest BCUT2D eigenvalue weighted by Gasteiger charge is 2.19. The molecule has 0 atom stereocenters. The molecule has 0 spiro atoms. The fraction of sp³-hybridized carbons (Fsp3) is 0.318. The van der Waals surface area contributed by atoms with Crippen LogP contribution < -0.4 is 11.6 Å². The predicted octanol–water partition coefficient (Wildman–Crippen LogP) is 5.43. The molecule has 5 nitrogen and oxygen atoms in total. The molecule has 0 aliphatic heterocycles. The highest BCUT2D eigenvalue weighted by atomic mass is 127. The first-order chi connectivity index (χ1) is 14.7. The number of esters is 1. The summed E-state index contributed by atoms with van der Waals surface area (Å²) in [5.74, 6) is 7.10. The van der Waals surface area contributed by atoms with E-state index in [1.807, 2.05) is 35.1 Å². The normalized spacial score (nSPS) is 14.9. The molecule has 0 heterocycles. The van der Waals surface area contributed by atoms with Crippen molar-refractivity contribution in [2.45, 2.75) is 27.2 Å². The molecular weight excluding hydrogens is 552 g/mol. The molecule has 9 heteroatoms. The van der Waals surface area contributed by atoms with Gasteiger partial charge in [-0.1, -0.05) is 43.5 Å². The number of nitrogens with two attached hydrogens (primary N) is 2. The number of methoxy groups -OCH3 is 1. The molecule has 1 aliphatic rings. The number of allylic oxidation sites excluding steroid dienone is 9. The first-order valence-electron chi connectivity index (χ1n) is 9.35. The van der Waals surface area contributed by atoms with E-state index < -0.39 is 11.8 Å². The second-order valence-corrected chi connectivity index (χ2v) is 8.07. The Balaban J connectivity index is 0.00000131. The smallest absolute Gasteiger partial charge is 0.338 e. The SMILES string of the molecule is CCN(N)CC.COC(=O)C(=C/C(Cl)=C(\C)C#CSI)/C(=C/N)C1=CC(F)=CC=CC1. The van der Waals surface area contributed by atoms with Gasteiger partial charge in [-0.3, -0.25) is 5.84 Å². The fourth-order valence-corrected chi connectivity index (χ4v) is 2.83. The van der Waals surface area contributed by atoms with Crippen molar-refractivity contribution in [2.75, 3.05) is 20.2 Å². The van der Waals surface area contributed by atoms with Crippen LogP contribution in [0.5, 0.6) is 0 Å². The van der Waals surface area contributed by atoms with Crippen molar-refractivity contribution in [2.24, 2.45) is 11.6 Å². The van der Waals surface area contributed by atoms with Gasteiger partial charge in [-0.25, -0.2) is 14.2 Å². The summed E-state index contributed by atoms with van der Waals surface area (Å²) in [5.41, 5.74) is 7.33. The minimum absolute atomic E-state index is 0.132. The number of halogens is 3. The minimum atomic E-state index is -0.627. The van der Waals surface area contributed by atoms with Crippen molar-refractivity contribution < 1.29 is 13.9 Å². The van der Waals surface area contributed by atoms with E-state index in [0.29, 0.717) is 23.1 Å². The van der Waals surface area contributed by atoms with Crippen LogP contribution in [0.25, 0.3) is 0 Å². The second-order valence-electron chi connectivity index (χ2n) is 5.98. The molecule has 0 fully saturated rings. The van der Waals surface area contributed by atoms with Gasteiger partial charge < -0.3 is 10.5 Å². The Labute approximate surface area is 205 Å². The summed E-state index contributed by atoms with van der Waals surface area (Å²) in [6.45, 7) is 7.68. The van der Waals surface area contributed by atoms with E-state index in [9.17, 15) is 9.18 Å². The standard InChI is InChI=1S/C18H16ClFINO2S.C4H12N2/c1-12(7-8-25-21)17(19)10-15(18(23)24-2)16(11-22)13-5-3-4-6-14(20)9-13;1-3-6(5)4-2/h3-4,6,9-11H,5,22H2,1-2H3;3-5H2,1-2H3/b15-10+,16-11+,17-12-;. The highest BCUT2D eigenvalue weighted by molar-refractivity contribution is 14.2. The van der Waals surface area contributed by atoms with Gasteiger partial charge in [0.1, 0.15) is 5.83 Å². The molecule has 4 N–H and O–H groups in total. The third-order valence-electron chi connectivity index (χ3n) is 3.97. The molecule has 0 radical (unpaired) electrons. The van der Waals surface area contributed by atoms with E-state index in [1.165, 1.54) is 40.5 Å². The number of hydrogen-bond donors (Lipinski definition) is 2. The van der Waals surface area contributed by atoms with Crippen molar-refractivity contribution >= 4 is 47.7 Å². The van der Waals surface area contributed by atoms with E-state index in [4.69, 9.17) is 27.9 Å². The third kappa shape index (κ3) is 11.6. The van der Waals surface area contributed by atoms with E-state index in [0.717, 1.165) is 13.1 Å². The Morgan fingerprint density at radius 1 is 1.45 bits per heavy atom. The van der Waals surface area contributed by atoms with Crippen LogP contribution in [-0.2, 0) is 9.53 Å². The van der Waals surface area contributed by atoms with Gasteiger partial charge in [0.2, 0.25) is 0 Å². The summed E-state index contributed by atoms with van der Waals surface area (Å²) in [7, 11) is 2.57. The molecule has 0 aromatic rings. The van der Waals surface area contributed by atoms with E-state index >= 15 is 0 Å². The summed E-state index contributed by atoms with van der Waals surface area (Å²) < 4.78 is 18.6. The average molecular weight is 580 g/mol. The number of ether oxygens (including phenoxy) is 1. The average Bonchev–Trinajstić information content (AvgIpc) is 3.00. The van der Waals surface area contributed by atoms with Gasteiger partial charge in [0.25, 0.3) is 0 Å². The van der Waals surface area contributed by atoms with Crippen LogP contribution in [0.3, 0.4) is 0 Å². The number of rotatable bonds is 6. The maximum absolute atomic E-state index is 13.7. The summed E-state index contributed by atoms with van der Waals surface area (Å²) in [6.07, 6.45) is 9.11. The number of hydrazine groups is 1. The molecule has 0 saturated heterocycles. The van der Waals surface area contributed by atoms with E-state index in [1.54, 1.807) is 24.1 Å². The topological polar surface area (TPSA) is 81.6 Å². The van der Waals surface area contributed by atoms with Crippen LogP contribution in [0.4, 0.5) is 4.39 Å². The summed E-state index contributed by atoms with van der Waals surface area (Å²) in [5, 5.41) is 4.84. The number of carbonyl (C=O) groups excluding carboxylic acids is 1. The maximum Gasteiger partial charge on any atom is 0.338 e. The Bertz CT molecular complexity index is 864. The Kier molecular flexibility index (Phi) is 16.3. The molecule has 31 heavy (non-hydrogen) atoms. The zero-order chi connectivity index (χ0) is 23.8. The van der Waals surface area contributed by atoms with Crippen LogP contribution >= 0.6 is 41.7 Å². The largest absolute Gasteiger partial charge is 0.465 e. The molecule has 0 amide bonds. The Morgan fingerprint density at radius 3 is 2.58 bits per heavy atom. The summed E-state index contributed by atoms with van der Waals surface area (Å²) >= 11 is 8.30. The lowest BCUT2D eigenvalue weighted by atomic mass is 9.95. The highest BCUT2D eigenvalue weighted by Crippen LogP contribution is 2.28. The second kappa shape index (κ2) is 17.1. The molecule has 1 rings (SSSR count). The van der Waals surface area contributed by atoms with Crippen molar-refractivity contribution in [1.82, 2.24) is 5.01 Å². The third-order valence-corrected chi connectivity index (χ3v) is 5.20. The Hall–Kier alpha value is -1.51. The number of hydrogen-bond acceptors (Lipinski definition) is 6. The molecule has 0 aromatic carbocycles. The van der Waals surface area contributed by atoms with Gasteiger partial charge in [0.05, 0.1) is 17.7 Å². The summed E-state index contributed by atoms with van der Waals surface area (Å²) in [6, 6.07) is 0. The lowest BCUT2D eigenvalue weighted by molar-refractivity contribution is -0.135. The first kappa shape index (κ1) is 29.5. The van der Waals surface area contributed by atoms with Gasteiger partial charge in [-0.15, -0.1) is 0 Å². The van der Waals surface area contributed by atoms with E-state index in [-0.39, 0.29) is 10.6 Å². The molecular formula is C22H28ClFIN3O2S. The molecule has 0 bridgehead atoms. The number of nitrogens with zero attached hydrogens (tertiary/aromatic N) is 1. The van der Waals surface area contributed by atoms with Gasteiger partial charge in [0, 0.05) is 51.6 Å². The first-order valence-corrected chi connectivity index (χ1v) is 13.1. The fourth-order valence-electron chi connectivity index (χ4n) is 2.16. The summed E-state index contributed by atoms with van der Waals surface area (Å²) in [4.78, 5) is 12.2. The predicted molar refractivity (Wildman–Crippen MR) is 138 cm³/mol. The molecule has 0 aromatic heterocycles. The molecule has 170 valence electrons. The van der Waals surface area contributed by atoms with Crippen molar-refractivity contribution in [3.63, 3.8) is 0 Å². The van der Waals surface area contributed by atoms with Crippen LogP contribution in [0.1, 0.15) is 27.2 Å². The number of carbonyl (C=O) groups is 1. The Morgan fingerprint density at radius 2 is 2.10 bits per heavy atom. The van der Waals surface area contributed by atoms with Gasteiger partial charge in [0.15, 0.2) is 0 Å². The zero-order valence-corrected chi connectivity index (χ0v) is 21.8. The molecule has 0 unspecified atom stereocenters. The quantitative estimate of drug-likeness (QED) is 0.0831. The van der Waals surface area contributed by atoms with Crippen LogP contribution in [0.15, 0.2) is 69.7 Å². The monoisotopic (exact) mass is 579 g/mol. The van der Waals surface area contributed by atoms with Gasteiger partial charge in [-0.2, -0.15) is 0 Å². The minimum Gasteiger partial charge on any atom is -0.465 e. The van der Waals surface area contributed by atoms with Crippen LogP contribution in [0, 0.1) is 11.2 Å².